The number of fused-ring (bicyclic) bond motifs is 1. The van der Waals surface area contributed by atoms with Crippen LogP contribution < -0.4 is 10.2 Å². The third-order valence-electron chi connectivity index (χ3n) is 4.88. The van der Waals surface area contributed by atoms with Gasteiger partial charge in [0.2, 0.25) is 0 Å². The molecule has 0 saturated carbocycles. The minimum Gasteiger partial charge on any atom is -0.481 e. The predicted octanol–water partition coefficient (Wildman–Crippen LogP) is 4.31. The maximum atomic E-state index is 13.6. The van der Waals surface area contributed by atoms with E-state index < -0.39 is 0 Å². The van der Waals surface area contributed by atoms with Gasteiger partial charge in [-0.15, -0.1) is 0 Å². The number of nitrogens with zero attached hydrogens (tertiary/aromatic N) is 3. The lowest BCUT2D eigenvalue weighted by molar-refractivity contribution is -0.123. The summed E-state index contributed by atoms with van der Waals surface area (Å²) in [6.07, 6.45) is 3.25. The van der Waals surface area contributed by atoms with E-state index in [0.29, 0.717) is 11.3 Å². The van der Waals surface area contributed by atoms with Crippen molar-refractivity contribution in [3.63, 3.8) is 0 Å². The molecule has 0 atom stereocenters. The molecule has 4 aromatic rings. The van der Waals surface area contributed by atoms with E-state index in [-0.39, 0.29) is 18.3 Å². The highest BCUT2D eigenvalue weighted by Crippen LogP contribution is 2.23. The third-order valence-corrected chi connectivity index (χ3v) is 4.88. The molecule has 0 aliphatic rings. The van der Waals surface area contributed by atoms with E-state index in [1.807, 2.05) is 54.8 Å². The summed E-state index contributed by atoms with van der Waals surface area (Å²) in [5, 5.41) is 4.97. The van der Waals surface area contributed by atoms with Crippen molar-refractivity contribution in [3.8, 4) is 11.4 Å². The summed E-state index contributed by atoms with van der Waals surface area (Å²) in [5.74, 6) is -0.145. The van der Waals surface area contributed by atoms with Crippen molar-refractivity contribution in [2.24, 2.45) is 5.10 Å². The summed E-state index contributed by atoms with van der Waals surface area (Å²) in [5.41, 5.74) is 6.54. The molecule has 0 bridgehead atoms. The van der Waals surface area contributed by atoms with Crippen LogP contribution in [0.1, 0.15) is 17.0 Å². The second-order valence-electron chi connectivity index (χ2n) is 7.05. The van der Waals surface area contributed by atoms with Gasteiger partial charge in [0.1, 0.15) is 17.1 Å². The largest absolute Gasteiger partial charge is 0.481 e. The van der Waals surface area contributed by atoms with Crippen molar-refractivity contribution in [3.05, 3.63) is 89.6 Å². The second-order valence-corrected chi connectivity index (χ2v) is 7.05. The standard InChI is InChI=1S/C24H21FN4O2/c1-16-12-19(17(2)29(16)21-9-4-8-20(25)13-21)14-27-28-23(30)15-31-22-10-3-6-18-7-5-11-26-24(18)22/h3-14H,15H2,1-2H3,(H,28,30)/b27-14+. The van der Waals surface area contributed by atoms with Gasteiger partial charge in [0.05, 0.1) is 6.21 Å². The number of aromatic nitrogens is 2. The van der Waals surface area contributed by atoms with Gasteiger partial charge in [-0.2, -0.15) is 5.10 Å². The fourth-order valence-corrected chi connectivity index (χ4v) is 3.47. The zero-order valence-electron chi connectivity index (χ0n) is 17.2. The van der Waals surface area contributed by atoms with Crippen molar-refractivity contribution < 1.29 is 13.9 Å². The topological polar surface area (TPSA) is 68.5 Å². The monoisotopic (exact) mass is 416 g/mol. The Morgan fingerprint density at radius 3 is 2.81 bits per heavy atom. The van der Waals surface area contributed by atoms with Crippen LogP contribution in [0.3, 0.4) is 0 Å². The first-order chi connectivity index (χ1) is 15.0. The van der Waals surface area contributed by atoms with Gasteiger partial charge in [0.15, 0.2) is 6.61 Å². The number of para-hydroxylation sites is 1. The Labute approximate surface area is 179 Å². The number of hydrazone groups is 1. The number of aryl methyl sites for hydroxylation is 1. The molecule has 1 amide bonds. The van der Waals surface area contributed by atoms with Crippen LogP contribution in [0.2, 0.25) is 0 Å². The number of carbonyl (C=O) groups excluding carboxylic acids is 1. The smallest absolute Gasteiger partial charge is 0.277 e. The summed E-state index contributed by atoms with van der Waals surface area (Å²) in [6.45, 7) is 3.66. The molecule has 6 nitrogen and oxygen atoms in total. The Balaban J connectivity index is 1.41. The molecule has 1 N–H and O–H groups in total. The number of rotatable bonds is 6. The normalized spacial score (nSPS) is 11.2. The lowest BCUT2D eigenvalue weighted by Crippen LogP contribution is -2.24. The second kappa shape index (κ2) is 8.79. The van der Waals surface area contributed by atoms with Crippen LogP contribution in [0.25, 0.3) is 16.6 Å². The first kappa shape index (κ1) is 20.3. The van der Waals surface area contributed by atoms with E-state index in [1.165, 1.54) is 12.1 Å². The number of ether oxygens (including phenoxy) is 1. The van der Waals surface area contributed by atoms with Gasteiger partial charge in [-0.1, -0.05) is 24.3 Å². The molecule has 7 heteroatoms. The van der Waals surface area contributed by atoms with Crippen molar-refractivity contribution >= 4 is 23.0 Å². The summed E-state index contributed by atoms with van der Waals surface area (Å²) in [4.78, 5) is 16.4. The number of hydrogen-bond donors (Lipinski definition) is 1. The maximum Gasteiger partial charge on any atom is 0.277 e. The van der Waals surface area contributed by atoms with E-state index in [2.05, 4.69) is 15.5 Å². The summed E-state index contributed by atoms with van der Waals surface area (Å²) >= 11 is 0. The molecule has 0 aliphatic carbocycles. The van der Waals surface area contributed by atoms with Gasteiger partial charge in [-0.3, -0.25) is 9.78 Å². The van der Waals surface area contributed by atoms with Crippen LogP contribution in [0.15, 0.2) is 72.0 Å². The van der Waals surface area contributed by atoms with Gasteiger partial charge >= 0.3 is 0 Å². The average Bonchev–Trinajstić information content (AvgIpc) is 3.05. The van der Waals surface area contributed by atoms with Gasteiger partial charge in [-0.25, -0.2) is 9.82 Å². The lowest BCUT2D eigenvalue weighted by Gasteiger charge is -2.09. The lowest BCUT2D eigenvalue weighted by atomic mass is 10.2. The third kappa shape index (κ3) is 4.45. The Morgan fingerprint density at radius 1 is 1.16 bits per heavy atom. The molecule has 2 aromatic heterocycles. The van der Waals surface area contributed by atoms with Crippen LogP contribution in [-0.4, -0.2) is 28.3 Å². The minimum absolute atomic E-state index is 0.185. The van der Waals surface area contributed by atoms with E-state index >= 15 is 0 Å². The molecule has 0 fully saturated rings. The molecule has 0 aliphatic heterocycles. The number of pyridine rings is 1. The SMILES string of the molecule is Cc1cc(/C=N/NC(=O)COc2cccc3cccnc23)c(C)n1-c1cccc(F)c1. The van der Waals surface area contributed by atoms with Crippen molar-refractivity contribution in [1.82, 2.24) is 15.0 Å². The number of halogens is 1. The maximum absolute atomic E-state index is 13.6. The van der Waals surface area contributed by atoms with E-state index in [0.717, 1.165) is 28.0 Å². The average molecular weight is 416 g/mol. The number of carbonyl (C=O) groups is 1. The molecular formula is C24H21FN4O2. The fraction of sp³-hybridized carbons (Fsp3) is 0.125. The minimum atomic E-state index is -0.386. The Kier molecular flexibility index (Phi) is 5.75. The number of benzene rings is 2. The first-order valence-corrected chi connectivity index (χ1v) is 9.76. The van der Waals surface area contributed by atoms with Gasteiger partial charge < -0.3 is 9.30 Å². The molecule has 156 valence electrons. The molecule has 0 radical (unpaired) electrons. The Hall–Kier alpha value is -4.00. The molecular weight excluding hydrogens is 395 g/mol. The molecule has 4 rings (SSSR count). The molecule has 2 aromatic carbocycles. The highest BCUT2D eigenvalue weighted by molar-refractivity contribution is 5.86. The summed E-state index contributed by atoms with van der Waals surface area (Å²) in [6, 6.07) is 17.6. The molecule has 0 unspecified atom stereocenters. The zero-order chi connectivity index (χ0) is 21.8. The van der Waals surface area contributed by atoms with Crippen molar-refractivity contribution in [2.45, 2.75) is 13.8 Å². The van der Waals surface area contributed by atoms with Crippen LogP contribution in [0.4, 0.5) is 4.39 Å². The van der Waals surface area contributed by atoms with Crippen LogP contribution in [-0.2, 0) is 4.79 Å². The Bertz CT molecular complexity index is 1270. The van der Waals surface area contributed by atoms with Crippen molar-refractivity contribution in [1.29, 1.82) is 0 Å². The molecule has 31 heavy (non-hydrogen) atoms. The van der Waals surface area contributed by atoms with E-state index in [4.69, 9.17) is 4.74 Å². The fourth-order valence-electron chi connectivity index (χ4n) is 3.47. The van der Waals surface area contributed by atoms with Crippen LogP contribution >= 0.6 is 0 Å². The number of hydrogen-bond acceptors (Lipinski definition) is 4. The quantitative estimate of drug-likeness (QED) is 0.376. The highest BCUT2D eigenvalue weighted by Gasteiger charge is 2.10. The zero-order valence-corrected chi connectivity index (χ0v) is 17.2. The number of amides is 1. The van der Waals surface area contributed by atoms with Crippen LogP contribution in [0.5, 0.6) is 5.75 Å². The molecule has 0 spiro atoms. The van der Waals surface area contributed by atoms with Gasteiger partial charge in [0, 0.05) is 34.2 Å². The Morgan fingerprint density at radius 2 is 1.97 bits per heavy atom. The van der Waals surface area contributed by atoms with Crippen molar-refractivity contribution in [2.75, 3.05) is 6.61 Å². The van der Waals surface area contributed by atoms with E-state index in [1.54, 1.807) is 24.5 Å². The van der Waals surface area contributed by atoms with Gasteiger partial charge in [-0.05, 0) is 50.2 Å². The van der Waals surface area contributed by atoms with Crippen LogP contribution in [0, 0.1) is 19.7 Å². The summed E-state index contributed by atoms with van der Waals surface area (Å²) in [7, 11) is 0. The summed E-state index contributed by atoms with van der Waals surface area (Å²) < 4.78 is 21.1. The molecule has 0 saturated heterocycles. The number of nitrogens with one attached hydrogen (secondary N) is 1. The van der Waals surface area contributed by atoms with E-state index in [9.17, 15) is 9.18 Å². The first-order valence-electron chi connectivity index (χ1n) is 9.76. The highest BCUT2D eigenvalue weighted by atomic mass is 19.1. The van der Waals surface area contributed by atoms with Gasteiger partial charge in [0.25, 0.3) is 5.91 Å². The predicted molar refractivity (Wildman–Crippen MR) is 118 cm³/mol. The molecule has 2 heterocycles.